The predicted octanol–water partition coefficient (Wildman–Crippen LogP) is 3.30. The Morgan fingerprint density at radius 3 is 2.56 bits per heavy atom. The Bertz CT molecular complexity index is 549. The Morgan fingerprint density at radius 2 is 1.94 bits per heavy atom. The number of halogens is 1. The summed E-state index contributed by atoms with van der Waals surface area (Å²) < 4.78 is 0. The summed E-state index contributed by atoms with van der Waals surface area (Å²) in [6, 6.07) is 3.77. The van der Waals surface area contributed by atoms with Crippen molar-refractivity contribution >= 4 is 28.3 Å². The van der Waals surface area contributed by atoms with Crippen LogP contribution in [0.5, 0.6) is 0 Å². The summed E-state index contributed by atoms with van der Waals surface area (Å²) in [5.74, 6) is 1.48. The van der Waals surface area contributed by atoms with Gasteiger partial charge in [-0.25, -0.2) is 9.97 Å². The van der Waals surface area contributed by atoms with Gasteiger partial charge in [0.2, 0.25) is 0 Å². The smallest absolute Gasteiger partial charge is 0.135 e. The molecular weight excluding hydrogens is 222 g/mol. The molecule has 4 heteroatoms. The van der Waals surface area contributed by atoms with Crippen LogP contribution in [0, 0.1) is 6.92 Å². The third-order valence-corrected chi connectivity index (χ3v) is 2.88. The van der Waals surface area contributed by atoms with E-state index < -0.39 is 0 Å². The second-order valence-electron chi connectivity index (χ2n) is 4.21. The van der Waals surface area contributed by atoms with Gasteiger partial charge in [0.05, 0.1) is 10.5 Å². The Balaban J connectivity index is 2.86. The lowest BCUT2D eigenvalue weighted by Crippen LogP contribution is -2.03. The molecular formula is C12H14ClN3. The second-order valence-corrected chi connectivity index (χ2v) is 4.62. The van der Waals surface area contributed by atoms with Crippen molar-refractivity contribution in [2.45, 2.75) is 26.7 Å². The number of aromatic nitrogens is 2. The van der Waals surface area contributed by atoms with E-state index in [-0.39, 0.29) is 5.92 Å². The predicted molar refractivity (Wildman–Crippen MR) is 67.8 cm³/mol. The highest BCUT2D eigenvalue weighted by Gasteiger charge is 2.12. The van der Waals surface area contributed by atoms with Gasteiger partial charge in [0, 0.05) is 11.3 Å². The molecule has 2 rings (SSSR count). The topological polar surface area (TPSA) is 51.8 Å². The summed E-state index contributed by atoms with van der Waals surface area (Å²) in [5.41, 5.74) is 7.75. The molecule has 3 nitrogen and oxygen atoms in total. The van der Waals surface area contributed by atoms with Crippen LogP contribution in [0.4, 0.5) is 5.82 Å². The van der Waals surface area contributed by atoms with Gasteiger partial charge < -0.3 is 5.73 Å². The van der Waals surface area contributed by atoms with Gasteiger partial charge in [-0.2, -0.15) is 0 Å². The van der Waals surface area contributed by atoms with Crippen molar-refractivity contribution in [1.29, 1.82) is 0 Å². The maximum absolute atomic E-state index is 6.13. The Labute approximate surface area is 99.7 Å². The largest absolute Gasteiger partial charge is 0.383 e. The number of hydrogen-bond acceptors (Lipinski definition) is 3. The number of nitrogen functional groups attached to an aromatic ring is 1. The molecule has 0 unspecified atom stereocenters. The van der Waals surface area contributed by atoms with Gasteiger partial charge in [-0.15, -0.1) is 0 Å². The van der Waals surface area contributed by atoms with Crippen LogP contribution in [-0.4, -0.2) is 9.97 Å². The zero-order valence-electron chi connectivity index (χ0n) is 9.58. The van der Waals surface area contributed by atoms with Crippen LogP contribution in [0.1, 0.15) is 31.2 Å². The van der Waals surface area contributed by atoms with Crippen LogP contribution in [-0.2, 0) is 0 Å². The van der Waals surface area contributed by atoms with Crippen molar-refractivity contribution in [2.24, 2.45) is 0 Å². The van der Waals surface area contributed by atoms with Gasteiger partial charge in [-0.3, -0.25) is 0 Å². The van der Waals surface area contributed by atoms with Crippen molar-refractivity contribution < 1.29 is 0 Å². The lowest BCUT2D eigenvalue weighted by molar-refractivity contribution is 0.785. The van der Waals surface area contributed by atoms with E-state index in [9.17, 15) is 0 Å². The molecule has 2 N–H and O–H groups in total. The van der Waals surface area contributed by atoms with Crippen LogP contribution >= 0.6 is 11.6 Å². The van der Waals surface area contributed by atoms with Gasteiger partial charge >= 0.3 is 0 Å². The zero-order valence-corrected chi connectivity index (χ0v) is 10.3. The Morgan fingerprint density at radius 1 is 1.25 bits per heavy atom. The fourth-order valence-corrected chi connectivity index (χ4v) is 1.88. The molecule has 1 heterocycles. The van der Waals surface area contributed by atoms with Crippen molar-refractivity contribution in [3.63, 3.8) is 0 Å². The van der Waals surface area contributed by atoms with E-state index in [1.54, 1.807) is 0 Å². The van der Waals surface area contributed by atoms with Crippen molar-refractivity contribution in [3.8, 4) is 0 Å². The molecule has 0 saturated heterocycles. The Kier molecular flexibility index (Phi) is 2.72. The van der Waals surface area contributed by atoms with Gasteiger partial charge in [0.25, 0.3) is 0 Å². The highest BCUT2D eigenvalue weighted by Crippen LogP contribution is 2.29. The second kappa shape index (κ2) is 3.91. The first-order chi connectivity index (χ1) is 7.50. The standard InChI is InChI=1S/C12H14ClN3/c1-6(2)12-15-10-8(13)5-4-7(3)9(10)11(14)16-12/h4-6H,1-3H3,(H2,14,15,16). The first-order valence-corrected chi connectivity index (χ1v) is 5.60. The minimum Gasteiger partial charge on any atom is -0.383 e. The Hall–Kier alpha value is -1.35. The molecule has 84 valence electrons. The fraction of sp³-hybridized carbons (Fsp3) is 0.333. The average Bonchev–Trinajstić information content (AvgIpc) is 2.22. The SMILES string of the molecule is Cc1ccc(Cl)c2nc(C(C)C)nc(N)c12. The molecule has 1 aromatic heterocycles. The molecule has 0 spiro atoms. The summed E-state index contributed by atoms with van der Waals surface area (Å²) in [4.78, 5) is 8.78. The molecule has 0 amide bonds. The first-order valence-electron chi connectivity index (χ1n) is 5.23. The summed E-state index contributed by atoms with van der Waals surface area (Å²) in [5, 5.41) is 1.48. The molecule has 1 aromatic carbocycles. The summed E-state index contributed by atoms with van der Waals surface area (Å²) in [6.07, 6.45) is 0. The van der Waals surface area contributed by atoms with Crippen LogP contribution in [0.2, 0.25) is 5.02 Å². The molecule has 2 aromatic rings. The number of anilines is 1. The molecule has 0 fully saturated rings. The lowest BCUT2D eigenvalue weighted by atomic mass is 10.1. The van der Waals surface area contributed by atoms with E-state index in [0.29, 0.717) is 10.8 Å². The molecule has 0 saturated carbocycles. The monoisotopic (exact) mass is 235 g/mol. The minimum atomic E-state index is 0.239. The molecule has 0 aliphatic rings. The van der Waals surface area contributed by atoms with Crippen molar-refractivity contribution in [2.75, 3.05) is 5.73 Å². The van der Waals surface area contributed by atoms with Crippen LogP contribution < -0.4 is 5.73 Å². The van der Waals surface area contributed by atoms with E-state index in [1.807, 2.05) is 32.9 Å². The molecule has 0 aliphatic heterocycles. The van der Waals surface area contributed by atoms with Crippen LogP contribution in [0.3, 0.4) is 0 Å². The highest BCUT2D eigenvalue weighted by molar-refractivity contribution is 6.35. The summed E-state index contributed by atoms with van der Waals surface area (Å²) in [7, 11) is 0. The van der Waals surface area contributed by atoms with Crippen LogP contribution in [0.15, 0.2) is 12.1 Å². The van der Waals surface area contributed by atoms with E-state index in [4.69, 9.17) is 17.3 Å². The van der Waals surface area contributed by atoms with Gasteiger partial charge in [-0.05, 0) is 18.6 Å². The number of benzene rings is 1. The van der Waals surface area contributed by atoms with E-state index >= 15 is 0 Å². The van der Waals surface area contributed by atoms with Gasteiger partial charge in [0.15, 0.2) is 0 Å². The number of aryl methyl sites for hydroxylation is 1. The molecule has 16 heavy (non-hydrogen) atoms. The number of fused-ring (bicyclic) bond motifs is 1. The molecule has 0 aliphatic carbocycles. The van der Waals surface area contributed by atoms with Gasteiger partial charge in [-0.1, -0.05) is 31.5 Å². The number of nitrogens with two attached hydrogens (primary N) is 1. The normalized spacial score (nSPS) is 11.3. The highest BCUT2D eigenvalue weighted by atomic mass is 35.5. The third-order valence-electron chi connectivity index (χ3n) is 2.57. The lowest BCUT2D eigenvalue weighted by Gasteiger charge is -2.10. The van der Waals surface area contributed by atoms with E-state index in [1.165, 1.54) is 0 Å². The maximum atomic E-state index is 6.13. The quantitative estimate of drug-likeness (QED) is 0.825. The average molecular weight is 236 g/mol. The zero-order chi connectivity index (χ0) is 11.9. The van der Waals surface area contributed by atoms with Crippen molar-refractivity contribution in [1.82, 2.24) is 9.97 Å². The summed E-state index contributed by atoms with van der Waals surface area (Å²) >= 11 is 6.13. The first kappa shape index (κ1) is 11.1. The number of hydrogen-bond donors (Lipinski definition) is 1. The van der Waals surface area contributed by atoms with E-state index in [0.717, 1.165) is 22.3 Å². The van der Waals surface area contributed by atoms with Crippen LogP contribution in [0.25, 0.3) is 10.9 Å². The third kappa shape index (κ3) is 1.71. The van der Waals surface area contributed by atoms with E-state index in [2.05, 4.69) is 9.97 Å². The molecule has 0 radical (unpaired) electrons. The minimum absolute atomic E-state index is 0.239. The maximum Gasteiger partial charge on any atom is 0.135 e. The molecule has 0 bridgehead atoms. The van der Waals surface area contributed by atoms with Gasteiger partial charge in [0.1, 0.15) is 11.6 Å². The summed E-state index contributed by atoms with van der Waals surface area (Å²) in [6.45, 7) is 6.04. The fourth-order valence-electron chi connectivity index (χ4n) is 1.68. The molecule has 0 atom stereocenters. The number of rotatable bonds is 1. The number of nitrogens with zero attached hydrogens (tertiary/aromatic N) is 2. The van der Waals surface area contributed by atoms with Crippen molar-refractivity contribution in [3.05, 3.63) is 28.5 Å².